The Labute approximate surface area is 130 Å². The highest BCUT2D eigenvalue weighted by molar-refractivity contribution is 6.33. The van der Waals surface area contributed by atoms with Crippen molar-refractivity contribution >= 4 is 23.3 Å². The van der Waals surface area contributed by atoms with Crippen molar-refractivity contribution < 1.29 is 9.90 Å². The number of carbonyl (C=O) groups excluding carboxylic acids is 1. The molecule has 5 nitrogen and oxygen atoms in total. The fourth-order valence-electron chi connectivity index (χ4n) is 2.48. The number of anilines is 1. The van der Waals surface area contributed by atoms with Crippen molar-refractivity contribution in [2.24, 2.45) is 5.92 Å². The molecule has 2 rings (SSSR count). The van der Waals surface area contributed by atoms with E-state index in [1.807, 2.05) is 0 Å². The minimum atomic E-state index is -0.384. The second kappa shape index (κ2) is 7.09. The monoisotopic (exact) mass is 311 g/mol. The van der Waals surface area contributed by atoms with Crippen molar-refractivity contribution in [1.29, 1.82) is 0 Å². The molecule has 21 heavy (non-hydrogen) atoms. The van der Waals surface area contributed by atoms with Crippen LogP contribution in [0.3, 0.4) is 0 Å². The van der Waals surface area contributed by atoms with Crippen molar-refractivity contribution in [3.8, 4) is 0 Å². The Hall–Kier alpha value is -1.33. The number of carbonyl (C=O) groups is 1. The molecule has 0 aliphatic carbocycles. The molecule has 1 fully saturated rings. The van der Waals surface area contributed by atoms with Gasteiger partial charge in [0.1, 0.15) is 5.82 Å². The molecule has 1 aliphatic heterocycles. The van der Waals surface area contributed by atoms with Gasteiger partial charge in [-0.2, -0.15) is 0 Å². The summed E-state index contributed by atoms with van der Waals surface area (Å²) in [7, 11) is 0. The Kier molecular flexibility index (Phi) is 5.42. The average molecular weight is 312 g/mol. The third-order valence-electron chi connectivity index (χ3n) is 3.82. The Balaban J connectivity index is 2.05. The lowest BCUT2D eigenvalue weighted by Crippen LogP contribution is -2.30. The smallest absolute Gasteiger partial charge is 0.255 e. The number of nitrogens with zero attached hydrogens (tertiary/aromatic N) is 2. The number of pyridine rings is 1. The van der Waals surface area contributed by atoms with Crippen LogP contribution in [-0.4, -0.2) is 46.6 Å². The molecule has 0 saturated carbocycles. The molecule has 1 aromatic heterocycles. The minimum Gasteiger partial charge on any atom is -0.393 e. The van der Waals surface area contributed by atoms with Gasteiger partial charge in [-0.3, -0.25) is 4.79 Å². The van der Waals surface area contributed by atoms with E-state index in [1.54, 1.807) is 24.1 Å². The van der Waals surface area contributed by atoms with Gasteiger partial charge >= 0.3 is 0 Å². The van der Waals surface area contributed by atoms with Crippen LogP contribution >= 0.6 is 11.6 Å². The Morgan fingerprint density at radius 1 is 1.67 bits per heavy atom. The van der Waals surface area contributed by atoms with Gasteiger partial charge in [-0.25, -0.2) is 4.98 Å². The van der Waals surface area contributed by atoms with Crippen LogP contribution in [0, 0.1) is 5.92 Å². The van der Waals surface area contributed by atoms with Crippen LogP contribution in [0.1, 0.15) is 37.0 Å². The van der Waals surface area contributed by atoms with Crippen LogP contribution < -0.4 is 5.32 Å². The summed E-state index contributed by atoms with van der Waals surface area (Å²) in [4.78, 5) is 18.4. The lowest BCUT2D eigenvalue weighted by Gasteiger charge is -2.18. The first kappa shape index (κ1) is 16.0. The molecular formula is C15H22ClN3O2. The van der Waals surface area contributed by atoms with E-state index < -0.39 is 0 Å². The topological polar surface area (TPSA) is 65.5 Å². The zero-order chi connectivity index (χ0) is 15.4. The van der Waals surface area contributed by atoms with E-state index in [4.69, 9.17) is 11.6 Å². The number of amides is 1. The summed E-state index contributed by atoms with van der Waals surface area (Å²) in [6.45, 7) is 5.88. The number of rotatable bonds is 5. The predicted molar refractivity (Wildman–Crippen MR) is 83.7 cm³/mol. The van der Waals surface area contributed by atoms with Crippen LogP contribution in [0.15, 0.2) is 12.3 Å². The molecule has 0 bridgehead atoms. The van der Waals surface area contributed by atoms with Gasteiger partial charge in [0.05, 0.1) is 16.7 Å². The number of nitrogens with one attached hydrogen (secondary N) is 1. The predicted octanol–water partition coefficient (Wildman–Crippen LogP) is 2.40. The Bertz CT molecular complexity index is 508. The molecule has 1 saturated heterocycles. The first-order chi connectivity index (χ1) is 10.0. The number of aliphatic hydroxyl groups is 1. The molecule has 1 aliphatic rings. The van der Waals surface area contributed by atoms with E-state index in [0.717, 1.165) is 19.4 Å². The highest BCUT2D eigenvalue weighted by atomic mass is 35.5. The van der Waals surface area contributed by atoms with Crippen LogP contribution in [-0.2, 0) is 0 Å². The lowest BCUT2D eigenvalue weighted by atomic mass is 10.0. The number of halogens is 1. The summed E-state index contributed by atoms with van der Waals surface area (Å²) >= 11 is 6.16. The molecule has 2 heterocycles. The first-order valence-corrected chi connectivity index (χ1v) is 7.77. The van der Waals surface area contributed by atoms with Crippen molar-refractivity contribution in [1.82, 2.24) is 9.88 Å². The van der Waals surface area contributed by atoms with Gasteiger partial charge < -0.3 is 15.3 Å². The highest BCUT2D eigenvalue weighted by Gasteiger charge is 2.29. The van der Waals surface area contributed by atoms with Crippen LogP contribution in [0.2, 0.25) is 5.02 Å². The first-order valence-electron chi connectivity index (χ1n) is 7.39. The van der Waals surface area contributed by atoms with Gasteiger partial charge in [0.25, 0.3) is 5.91 Å². The maximum atomic E-state index is 12.4. The fourth-order valence-corrected chi connectivity index (χ4v) is 2.71. The van der Waals surface area contributed by atoms with Crippen molar-refractivity contribution in [2.45, 2.75) is 32.8 Å². The Morgan fingerprint density at radius 3 is 3.00 bits per heavy atom. The third kappa shape index (κ3) is 3.86. The maximum absolute atomic E-state index is 12.4. The standard InChI is InChI=1S/C15H22ClN3O2/c1-3-5-17-14-13(16)7-12(8-18-14)15(21)19-6-4-11(9-19)10(2)20/h7-8,10-11,20H,3-6,9H2,1-2H3,(H,17,18). The van der Waals surface area contributed by atoms with Crippen molar-refractivity contribution in [3.05, 3.63) is 22.8 Å². The van der Waals surface area contributed by atoms with Gasteiger partial charge in [0.15, 0.2) is 0 Å². The van der Waals surface area contributed by atoms with Crippen LogP contribution in [0.5, 0.6) is 0 Å². The molecule has 2 unspecified atom stereocenters. The summed E-state index contributed by atoms with van der Waals surface area (Å²) in [6, 6.07) is 1.66. The van der Waals surface area contributed by atoms with Gasteiger partial charge in [-0.05, 0) is 25.8 Å². The molecule has 0 spiro atoms. The molecule has 1 aromatic rings. The van der Waals surface area contributed by atoms with E-state index >= 15 is 0 Å². The molecule has 0 aromatic carbocycles. The molecule has 1 amide bonds. The number of hydrogen-bond acceptors (Lipinski definition) is 4. The van der Waals surface area contributed by atoms with E-state index in [0.29, 0.717) is 29.5 Å². The molecule has 116 valence electrons. The van der Waals surface area contributed by atoms with Crippen molar-refractivity contribution in [2.75, 3.05) is 25.0 Å². The zero-order valence-corrected chi connectivity index (χ0v) is 13.2. The lowest BCUT2D eigenvalue weighted by molar-refractivity contribution is 0.0762. The fraction of sp³-hybridized carbons (Fsp3) is 0.600. The number of aliphatic hydroxyl groups excluding tert-OH is 1. The number of hydrogen-bond donors (Lipinski definition) is 2. The van der Waals surface area contributed by atoms with Gasteiger partial charge in [-0.1, -0.05) is 18.5 Å². The summed E-state index contributed by atoms with van der Waals surface area (Å²) in [6.07, 6.45) is 2.99. The molecule has 0 radical (unpaired) electrons. The van der Waals surface area contributed by atoms with Gasteiger partial charge in [-0.15, -0.1) is 0 Å². The zero-order valence-electron chi connectivity index (χ0n) is 12.5. The SMILES string of the molecule is CCCNc1ncc(C(=O)N2CCC(C(C)O)C2)cc1Cl. The average Bonchev–Trinajstić information content (AvgIpc) is 2.95. The normalized spacial score (nSPS) is 19.6. The van der Waals surface area contributed by atoms with E-state index in [9.17, 15) is 9.90 Å². The summed E-state index contributed by atoms with van der Waals surface area (Å²) in [5.74, 6) is 0.691. The number of likely N-dealkylation sites (tertiary alicyclic amines) is 1. The number of aromatic nitrogens is 1. The summed E-state index contributed by atoms with van der Waals surface area (Å²) in [5.41, 5.74) is 0.494. The van der Waals surface area contributed by atoms with Crippen LogP contribution in [0.25, 0.3) is 0 Å². The van der Waals surface area contributed by atoms with Gasteiger partial charge in [0, 0.05) is 31.7 Å². The summed E-state index contributed by atoms with van der Waals surface area (Å²) in [5, 5.41) is 13.2. The van der Waals surface area contributed by atoms with Gasteiger partial charge in [0.2, 0.25) is 0 Å². The van der Waals surface area contributed by atoms with Crippen LogP contribution in [0.4, 0.5) is 5.82 Å². The largest absolute Gasteiger partial charge is 0.393 e. The van der Waals surface area contributed by atoms with E-state index in [1.165, 1.54) is 0 Å². The second-order valence-electron chi connectivity index (χ2n) is 5.52. The summed E-state index contributed by atoms with van der Waals surface area (Å²) < 4.78 is 0. The molecule has 2 atom stereocenters. The second-order valence-corrected chi connectivity index (χ2v) is 5.93. The van der Waals surface area contributed by atoms with Crippen molar-refractivity contribution in [3.63, 3.8) is 0 Å². The van der Waals surface area contributed by atoms with E-state index in [-0.39, 0.29) is 17.9 Å². The quantitative estimate of drug-likeness (QED) is 0.876. The molecule has 6 heteroatoms. The maximum Gasteiger partial charge on any atom is 0.255 e. The highest BCUT2D eigenvalue weighted by Crippen LogP contribution is 2.24. The molecule has 2 N–H and O–H groups in total. The minimum absolute atomic E-state index is 0.0745. The Morgan fingerprint density at radius 2 is 2.43 bits per heavy atom. The van der Waals surface area contributed by atoms with E-state index in [2.05, 4.69) is 17.2 Å². The molecular weight excluding hydrogens is 290 g/mol. The third-order valence-corrected chi connectivity index (χ3v) is 4.11.